The van der Waals surface area contributed by atoms with Gasteiger partial charge in [-0.15, -0.1) is 11.3 Å². The molecule has 0 aliphatic carbocycles. The van der Waals surface area contributed by atoms with Crippen molar-refractivity contribution >= 4 is 17.3 Å². The molecule has 1 unspecified atom stereocenters. The Morgan fingerprint density at radius 3 is 2.73 bits per heavy atom. The molecular formula is C13H21F3N4OS. The lowest BCUT2D eigenvalue weighted by Gasteiger charge is -2.12. The van der Waals surface area contributed by atoms with E-state index in [0.29, 0.717) is 37.0 Å². The zero-order valence-electron chi connectivity index (χ0n) is 12.6. The summed E-state index contributed by atoms with van der Waals surface area (Å²) in [5.74, 6) is 0.638. The van der Waals surface area contributed by atoms with Crippen LogP contribution in [0.25, 0.3) is 0 Å². The number of halogens is 3. The number of aliphatic hydroxyl groups is 1. The molecule has 3 N–H and O–H groups in total. The lowest BCUT2D eigenvalue weighted by Crippen LogP contribution is -2.38. The van der Waals surface area contributed by atoms with E-state index in [4.69, 9.17) is 5.11 Å². The predicted octanol–water partition coefficient (Wildman–Crippen LogP) is 1.89. The molecule has 0 aliphatic rings. The zero-order chi connectivity index (χ0) is 16.6. The third kappa shape index (κ3) is 6.61. The van der Waals surface area contributed by atoms with Crippen LogP contribution in [0, 0.1) is 5.92 Å². The van der Waals surface area contributed by atoms with Gasteiger partial charge in [-0.1, -0.05) is 6.92 Å². The Hall–Kier alpha value is -1.35. The number of rotatable bonds is 7. The number of aliphatic imine (C=N–C) groups is 1. The number of thiazole rings is 1. The van der Waals surface area contributed by atoms with E-state index in [1.165, 1.54) is 0 Å². The van der Waals surface area contributed by atoms with Gasteiger partial charge in [-0.2, -0.15) is 13.2 Å². The third-order valence-corrected chi connectivity index (χ3v) is 3.60. The molecule has 0 aromatic carbocycles. The van der Waals surface area contributed by atoms with Crippen molar-refractivity contribution in [2.45, 2.75) is 26.4 Å². The predicted molar refractivity (Wildman–Crippen MR) is 81.1 cm³/mol. The van der Waals surface area contributed by atoms with Crippen LogP contribution in [0.1, 0.15) is 24.5 Å². The van der Waals surface area contributed by atoms with Crippen LogP contribution in [0.5, 0.6) is 0 Å². The van der Waals surface area contributed by atoms with E-state index in [-0.39, 0.29) is 12.5 Å². The van der Waals surface area contributed by atoms with E-state index in [1.54, 1.807) is 0 Å². The molecule has 0 bridgehead atoms. The highest BCUT2D eigenvalue weighted by Gasteiger charge is 2.33. The summed E-state index contributed by atoms with van der Waals surface area (Å²) in [6.07, 6.45) is -4.00. The van der Waals surface area contributed by atoms with Gasteiger partial charge in [0.1, 0.15) is 0 Å². The van der Waals surface area contributed by atoms with Gasteiger partial charge in [-0.05, 0) is 12.8 Å². The van der Waals surface area contributed by atoms with Gasteiger partial charge in [0.05, 0.1) is 5.01 Å². The molecule has 9 heteroatoms. The Bertz CT molecular complexity index is 476. The summed E-state index contributed by atoms with van der Waals surface area (Å²) in [6, 6.07) is 0. The summed E-state index contributed by atoms with van der Waals surface area (Å²) in [6.45, 7) is 5.44. The minimum Gasteiger partial charge on any atom is -0.396 e. The maximum absolute atomic E-state index is 12.4. The minimum atomic E-state index is -4.39. The Balaban J connectivity index is 2.47. The molecule has 1 aromatic rings. The summed E-state index contributed by atoms with van der Waals surface area (Å²) in [7, 11) is 0. The van der Waals surface area contributed by atoms with E-state index in [1.807, 2.05) is 13.8 Å². The maximum Gasteiger partial charge on any atom is 0.434 e. The molecule has 0 saturated heterocycles. The first-order valence-corrected chi connectivity index (χ1v) is 7.89. The average Bonchev–Trinajstić information content (AvgIpc) is 2.93. The van der Waals surface area contributed by atoms with Crippen molar-refractivity contribution in [2.75, 3.05) is 26.2 Å². The number of nitrogens with one attached hydrogen (secondary N) is 2. The summed E-state index contributed by atoms with van der Waals surface area (Å²) < 4.78 is 37.3. The summed E-state index contributed by atoms with van der Waals surface area (Å²) in [5, 5.41) is 16.5. The van der Waals surface area contributed by atoms with Crippen LogP contribution in [0.3, 0.4) is 0 Å². The molecule has 1 aromatic heterocycles. The van der Waals surface area contributed by atoms with Crippen molar-refractivity contribution in [1.82, 2.24) is 15.6 Å². The van der Waals surface area contributed by atoms with Gasteiger partial charge >= 0.3 is 6.18 Å². The number of aliphatic hydroxyl groups excluding tert-OH is 1. The lowest BCUT2D eigenvalue weighted by atomic mass is 10.2. The first-order chi connectivity index (χ1) is 10.4. The third-order valence-electron chi connectivity index (χ3n) is 2.69. The standard InChI is InChI=1S/C13H21F3N4OS/c1-3-17-12(19-6-9(2)7-21)18-5-4-11-20-10(8-22-11)13(14,15)16/h8-9,21H,3-7H2,1-2H3,(H2,17,18,19). The number of alkyl halides is 3. The molecule has 0 aliphatic heterocycles. The quantitative estimate of drug-likeness (QED) is 0.525. The molecule has 1 rings (SSSR count). The zero-order valence-corrected chi connectivity index (χ0v) is 13.4. The number of hydrogen-bond donors (Lipinski definition) is 3. The molecular weight excluding hydrogens is 317 g/mol. The first-order valence-electron chi connectivity index (χ1n) is 7.01. The van der Waals surface area contributed by atoms with Crippen molar-refractivity contribution < 1.29 is 18.3 Å². The smallest absolute Gasteiger partial charge is 0.396 e. The summed E-state index contributed by atoms with van der Waals surface area (Å²) in [4.78, 5) is 7.87. The highest BCUT2D eigenvalue weighted by molar-refractivity contribution is 7.09. The van der Waals surface area contributed by atoms with Crippen LogP contribution in [-0.4, -0.2) is 42.3 Å². The summed E-state index contributed by atoms with van der Waals surface area (Å²) in [5.41, 5.74) is -0.843. The molecule has 1 atom stereocenters. The molecule has 0 radical (unpaired) electrons. The molecule has 1 heterocycles. The van der Waals surface area contributed by atoms with E-state index >= 15 is 0 Å². The van der Waals surface area contributed by atoms with E-state index < -0.39 is 11.9 Å². The molecule has 0 saturated carbocycles. The number of guanidine groups is 1. The molecule has 0 fully saturated rings. The highest BCUT2D eigenvalue weighted by Crippen LogP contribution is 2.29. The Morgan fingerprint density at radius 1 is 1.45 bits per heavy atom. The van der Waals surface area contributed by atoms with Crippen LogP contribution in [0.2, 0.25) is 0 Å². The van der Waals surface area contributed by atoms with Gasteiger partial charge in [0, 0.05) is 38.0 Å². The number of nitrogens with zero attached hydrogens (tertiary/aromatic N) is 2. The molecule has 126 valence electrons. The van der Waals surface area contributed by atoms with Crippen LogP contribution >= 0.6 is 11.3 Å². The fourth-order valence-electron chi connectivity index (χ4n) is 1.49. The van der Waals surface area contributed by atoms with E-state index in [9.17, 15) is 13.2 Å². The number of aromatic nitrogens is 1. The molecule has 0 spiro atoms. The average molecular weight is 338 g/mol. The minimum absolute atomic E-state index is 0.0578. The largest absolute Gasteiger partial charge is 0.434 e. The molecule has 22 heavy (non-hydrogen) atoms. The second-order valence-electron chi connectivity index (χ2n) is 4.81. The monoisotopic (exact) mass is 338 g/mol. The second kappa shape index (κ2) is 8.94. The Kier molecular flexibility index (Phi) is 7.60. The SMILES string of the molecule is CCNC(=NCC(C)CO)NCCc1nc(C(F)(F)F)cs1. The van der Waals surface area contributed by atoms with Crippen molar-refractivity contribution in [3.63, 3.8) is 0 Å². The highest BCUT2D eigenvalue weighted by atomic mass is 32.1. The first kappa shape index (κ1) is 18.7. The van der Waals surface area contributed by atoms with E-state index in [2.05, 4.69) is 20.6 Å². The van der Waals surface area contributed by atoms with Crippen molar-refractivity contribution in [3.05, 3.63) is 16.1 Å². The van der Waals surface area contributed by atoms with Crippen molar-refractivity contribution in [1.29, 1.82) is 0 Å². The van der Waals surface area contributed by atoms with E-state index in [0.717, 1.165) is 16.7 Å². The van der Waals surface area contributed by atoms with Crippen LogP contribution in [0.4, 0.5) is 13.2 Å². The topological polar surface area (TPSA) is 69.5 Å². The van der Waals surface area contributed by atoms with Gasteiger partial charge in [-0.3, -0.25) is 4.99 Å². The van der Waals surface area contributed by atoms with Gasteiger partial charge < -0.3 is 15.7 Å². The maximum atomic E-state index is 12.4. The van der Waals surface area contributed by atoms with Gasteiger partial charge in [0.2, 0.25) is 0 Å². The fourth-order valence-corrected chi connectivity index (χ4v) is 2.30. The van der Waals surface area contributed by atoms with Gasteiger partial charge in [0.15, 0.2) is 11.7 Å². The number of hydrogen-bond acceptors (Lipinski definition) is 4. The normalized spacial score (nSPS) is 14.0. The fraction of sp³-hybridized carbons (Fsp3) is 0.692. The Labute approximate surface area is 131 Å². The van der Waals surface area contributed by atoms with Gasteiger partial charge in [0.25, 0.3) is 0 Å². The Morgan fingerprint density at radius 2 is 2.18 bits per heavy atom. The van der Waals surface area contributed by atoms with Crippen LogP contribution < -0.4 is 10.6 Å². The summed E-state index contributed by atoms with van der Waals surface area (Å²) >= 11 is 0.999. The molecule has 5 nitrogen and oxygen atoms in total. The van der Waals surface area contributed by atoms with Crippen molar-refractivity contribution in [3.8, 4) is 0 Å². The molecule has 0 amide bonds. The van der Waals surface area contributed by atoms with Gasteiger partial charge in [-0.25, -0.2) is 4.98 Å². The second-order valence-corrected chi connectivity index (χ2v) is 5.75. The van der Waals surface area contributed by atoms with Crippen LogP contribution in [0.15, 0.2) is 10.4 Å². The van der Waals surface area contributed by atoms with Crippen molar-refractivity contribution in [2.24, 2.45) is 10.9 Å². The van der Waals surface area contributed by atoms with Crippen LogP contribution in [-0.2, 0) is 12.6 Å². The lowest BCUT2D eigenvalue weighted by molar-refractivity contribution is -0.140.